The number of phenols is 1. The number of phenolic OH excluding ortho intramolecular Hbond substituents is 1. The fourth-order valence-electron chi connectivity index (χ4n) is 1.80. The number of carboxylic acids is 1. The molecule has 0 aliphatic carbocycles. The van der Waals surface area contributed by atoms with E-state index in [4.69, 9.17) is 5.11 Å². The van der Waals surface area contributed by atoms with Crippen molar-refractivity contribution < 1.29 is 15.0 Å². The number of pyridine rings is 1. The maximum atomic E-state index is 10.4. The largest absolute Gasteiger partial charge is 0.508 e. The minimum atomic E-state index is -0.808. The molecule has 0 atom stereocenters. The van der Waals surface area contributed by atoms with Crippen LogP contribution in [0.4, 0.5) is 0 Å². The normalized spacial score (nSPS) is 10.4. The lowest BCUT2D eigenvalue weighted by Gasteiger charge is -2.06. The summed E-state index contributed by atoms with van der Waals surface area (Å²) in [6, 6.07) is 10.7. The molecule has 0 aliphatic rings. The van der Waals surface area contributed by atoms with Crippen LogP contribution < -0.4 is 5.32 Å². The number of carboxylic acid groups (broad SMARTS) is 1. The molecule has 0 aliphatic heterocycles. The molecule has 3 N–H and O–H groups in total. The molecule has 0 amide bonds. The molecule has 0 spiro atoms. The summed E-state index contributed by atoms with van der Waals surface area (Å²) in [5.74, 6) is -0.586. The van der Waals surface area contributed by atoms with Crippen molar-refractivity contribution in [2.24, 2.45) is 0 Å². The van der Waals surface area contributed by atoms with Crippen LogP contribution in [0.15, 0.2) is 42.6 Å². The van der Waals surface area contributed by atoms with E-state index in [-0.39, 0.29) is 12.2 Å². The van der Waals surface area contributed by atoms with E-state index in [2.05, 4.69) is 10.3 Å². The molecule has 0 unspecified atom stereocenters. The lowest BCUT2D eigenvalue weighted by atomic mass is 10.1. The third-order valence-electron chi connectivity index (χ3n) is 2.83. The molecule has 104 valence electrons. The summed E-state index contributed by atoms with van der Waals surface area (Å²) in [4.78, 5) is 14.7. The number of nitrogens with one attached hydrogen (secondary N) is 1. The molecule has 20 heavy (non-hydrogen) atoms. The second kappa shape index (κ2) is 6.68. The highest BCUT2D eigenvalue weighted by Gasteiger charge is 2.02. The highest BCUT2D eigenvalue weighted by atomic mass is 16.4. The van der Waals surface area contributed by atoms with E-state index >= 15 is 0 Å². The smallest absolute Gasteiger partial charge is 0.304 e. The van der Waals surface area contributed by atoms with Gasteiger partial charge in [-0.15, -0.1) is 0 Å². The number of aromatic hydroxyl groups is 1. The van der Waals surface area contributed by atoms with Crippen LogP contribution in [0.1, 0.15) is 12.0 Å². The first-order valence-corrected chi connectivity index (χ1v) is 6.32. The van der Waals surface area contributed by atoms with Gasteiger partial charge in [-0.05, 0) is 42.0 Å². The summed E-state index contributed by atoms with van der Waals surface area (Å²) in [6.45, 7) is 1.03. The first-order chi connectivity index (χ1) is 9.65. The maximum Gasteiger partial charge on any atom is 0.304 e. The summed E-state index contributed by atoms with van der Waals surface area (Å²) in [6.07, 6.45) is 1.83. The average molecular weight is 272 g/mol. The Morgan fingerprint density at radius 1 is 1.20 bits per heavy atom. The Balaban J connectivity index is 2.00. The number of hydrogen-bond donors (Lipinski definition) is 3. The van der Waals surface area contributed by atoms with Gasteiger partial charge in [0.05, 0.1) is 12.1 Å². The lowest BCUT2D eigenvalue weighted by molar-refractivity contribution is -0.136. The monoisotopic (exact) mass is 272 g/mol. The van der Waals surface area contributed by atoms with E-state index in [1.807, 2.05) is 12.1 Å². The highest BCUT2D eigenvalue weighted by molar-refractivity contribution is 5.66. The van der Waals surface area contributed by atoms with Crippen molar-refractivity contribution in [3.63, 3.8) is 0 Å². The van der Waals surface area contributed by atoms with Crippen LogP contribution in [0.3, 0.4) is 0 Å². The standard InChI is InChI=1S/C15H16N2O3/c18-13-3-1-12(2-4-13)14-9-11(5-8-17-14)10-16-7-6-15(19)20/h1-5,8-9,16,18H,6-7,10H2,(H,19,20). The number of aromatic nitrogens is 1. The van der Waals surface area contributed by atoms with Crippen molar-refractivity contribution in [2.45, 2.75) is 13.0 Å². The molecular weight excluding hydrogens is 256 g/mol. The molecule has 0 saturated carbocycles. The zero-order valence-corrected chi connectivity index (χ0v) is 10.9. The lowest BCUT2D eigenvalue weighted by Crippen LogP contribution is -2.17. The van der Waals surface area contributed by atoms with Gasteiger partial charge in [0.25, 0.3) is 0 Å². The second-order valence-electron chi connectivity index (χ2n) is 4.42. The summed E-state index contributed by atoms with van der Waals surface area (Å²) in [5, 5.41) is 20.9. The van der Waals surface area contributed by atoms with Crippen LogP contribution in [0.2, 0.25) is 0 Å². The average Bonchev–Trinajstić information content (AvgIpc) is 2.44. The highest BCUT2D eigenvalue weighted by Crippen LogP contribution is 2.20. The van der Waals surface area contributed by atoms with Crippen LogP contribution >= 0.6 is 0 Å². The Labute approximate surface area is 116 Å². The molecule has 0 fully saturated rings. The zero-order valence-electron chi connectivity index (χ0n) is 10.9. The molecule has 1 aromatic carbocycles. The van der Waals surface area contributed by atoms with Gasteiger partial charge in [0.1, 0.15) is 5.75 Å². The van der Waals surface area contributed by atoms with Crippen molar-refractivity contribution in [3.8, 4) is 17.0 Å². The molecule has 1 heterocycles. The van der Waals surface area contributed by atoms with Gasteiger partial charge in [0.2, 0.25) is 0 Å². The number of nitrogens with zero attached hydrogens (tertiary/aromatic N) is 1. The minimum absolute atomic E-state index is 0.107. The topological polar surface area (TPSA) is 82.5 Å². The van der Waals surface area contributed by atoms with Crippen molar-refractivity contribution >= 4 is 5.97 Å². The predicted molar refractivity (Wildman–Crippen MR) is 75.3 cm³/mol. The third-order valence-corrected chi connectivity index (χ3v) is 2.83. The Bertz CT molecular complexity index is 582. The van der Waals surface area contributed by atoms with Crippen molar-refractivity contribution in [1.82, 2.24) is 10.3 Å². The fourth-order valence-corrected chi connectivity index (χ4v) is 1.80. The molecule has 1 aromatic heterocycles. The van der Waals surface area contributed by atoms with E-state index in [1.165, 1.54) is 0 Å². The first-order valence-electron chi connectivity index (χ1n) is 6.32. The fraction of sp³-hybridized carbons (Fsp3) is 0.200. The quantitative estimate of drug-likeness (QED) is 0.701. The van der Waals surface area contributed by atoms with Crippen LogP contribution in [-0.4, -0.2) is 27.7 Å². The van der Waals surface area contributed by atoms with Gasteiger partial charge >= 0.3 is 5.97 Å². The minimum Gasteiger partial charge on any atom is -0.508 e. The van der Waals surface area contributed by atoms with Gasteiger partial charge in [0, 0.05) is 24.8 Å². The van der Waals surface area contributed by atoms with Crippen molar-refractivity contribution in [1.29, 1.82) is 0 Å². The van der Waals surface area contributed by atoms with Crippen LogP contribution in [-0.2, 0) is 11.3 Å². The van der Waals surface area contributed by atoms with Gasteiger partial charge in [-0.1, -0.05) is 0 Å². The molecule has 0 saturated heterocycles. The summed E-state index contributed by atoms with van der Waals surface area (Å²) in [7, 11) is 0. The second-order valence-corrected chi connectivity index (χ2v) is 4.42. The van der Waals surface area contributed by atoms with E-state index in [0.29, 0.717) is 13.1 Å². The molecule has 2 aromatic rings. The molecular formula is C15H16N2O3. The van der Waals surface area contributed by atoms with Crippen LogP contribution in [0.25, 0.3) is 11.3 Å². The molecule has 2 rings (SSSR count). The number of benzene rings is 1. The van der Waals surface area contributed by atoms with Gasteiger partial charge in [-0.2, -0.15) is 0 Å². The van der Waals surface area contributed by atoms with E-state index in [0.717, 1.165) is 16.8 Å². The Hall–Kier alpha value is -2.40. The maximum absolute atomic E-state index is 10.4. The number of hydrogen-bond acceptors (Lipinski definition) is 4. The molecule has 5 nitrogen and oxygen atoms in total. The number of carbonyl (C=O) groups is 1. The number of rotatable bonds is 6. The summed E-state index contributed by atoms with van der Waals surface area (Å²) >= 11 is 0. The Morgan fingerprint density at radius 2 is 1.95 bits per heavy atom. The van der Waals surface area contributed by atoms with Gasteiger partial charge in [0.15, 0.2) is 0 Å². The van der Waals surface area contributed by atoms with E-state index in [1.54, 1.807) is 30.5 Å². The zero-order chi connectivity index (χ0) is 14.4. The van der Waals surface area contributed by atoms with E-state index < -0.39 is 5.97 Å². The van der Waals surface area contributed by atoms with Gasteiger partial charge < -0.3 is 15.5 Å². The van der Waals surface area contributed by atoms with Crippen molar-refractivity contribution in [3.05, 3.63) is 48.2 Å². The molecule has 0 radical (unpaired) electrons. The molecule has 0 bridgehead atoms. The number of aliphatic carboxylic acids is 1. The predicted octanol–water partition coefficient (Wildman–Crippen LogP) is 2.02. The Kier molecular flexibility index (Phi) is 4.68. The van der Waals surface area contributed by atoms with Crippen LogP contribution in [0, 0.1) is 0 Å². The first kappa shape index (κ1) is 14.0. The van der Waals surface area contributed by atoms with Gasteiger partial charge in [-0.3, -0.25) is 9.78 Å². The summed E-state index contributed by atoms with van der Waals surface area (Å²) in [5.41, 5.74) is 2.78. The third kappa shape index (κ3) is 4.07. The molecule has 5 heteroatoms. The van der Waals surface area contributed by atoms with E-state index in [9.17, 15) is 9.90 Å². The van der Waals surface area contributed by atoms with Gasteiger partial charge in [-0.25, -0.2) is 0 Å². The van der Waals surface area contributed by atoms with Crippen molar-refractivity contribution in [2.75, 3.05) is 6.54 Å². The summed E-state index contributed by atoms with van der Waals surface area (Å²) < 4.78 is 0. The van der Waals surface area contributed by atoms with Crippen LogP contribution in [0.5, 0.6) is 5.75 Å². The Morgan fingerprint density at radius 3 is 2.65 bits per heavy atom. The SMILES string of the molecule is O=C(O)CCNCc1ccnc(-c2ccc(O)cc2)c1.